The highest BCUT2D eigenvalue weighted by atomic mass is 32.2. The Kier molecular flexibility index (Phi) is 3.62. The summed E-state index contributed by atoms with van der Waals surface area (Å²) in [7, 11) is -3.64. The van der Waals surface area contributed by atoms with E-state index in [4.69, 9.17) is 0 Å². The van der Waals surface area contributed by atoms with Crippen LogP contribution in [0.15, 0.2) is 58.2 Å². The Bertz CT molecular complexity index is 797. The van der Waals surface area contributed by atoms with Gasteiger partial charge in [-0.15, -0.1) is 0 Å². The van der Waals surface area contributed by atoms with Gasteiger partial charge in [-0.25, -0.2) is 9.97 Å². The van der Waals surface area contributed by atoms with Crippen molar-refractivity contribution in [1.82, 2.24) is 25.1 Å². The maximum atomic E-state index is 12.0. The smallest absolute Gasteiger partial charge is 0.278 e. The van der Waals surface area contributed by atoms with E-state index < -0.39 is 10.0 Å². The number of sulfonamides is 1. The number of benzene rings is 1. The van der Waals surface area contributed by atoms with Crippen molar-refractivity contribution in [2.45, 2.75) is 15.1 Å². The molecule has 0 saturated heterocycles. The van der Waals surface area contributed by atoms with Gasteiger partial charge in [-0.2, -0.15) is 13.5 Å². The summed E-state index contributed by atoms with van der Waals surface area (Å²) in [4.78, 5) is 11.2. The van der Waals surface area contributed by atoms with Crippen LogP contribution in [0.25, 0.3) is 0 Å². The van der Waals surface area contributed by atoms with E-state index in [2.05, 4.69) is 29.9 Å². The second kappa shape index (κ2) is 5.58. The number of imidazole rings is 1. The van der Waals surface area contributed by atoms with Crippen LogP contribution in [0.1, 0.15) is 0 Å². The fraction of sp³-hybridized carbons (Fsp3) is 0. The molecule has 0 bridgehead atoms. The highest BCUT2D eigenvalue weighted by molar-refractivity contribution is 7.99. The molecule has 0 radical (unpaired) electrons. The normalized spacial score (nSPS) is 11.4. The lowest BCUT2D eigenvalue weighted by Gasteiger charge is -2.06. The molecule has 3 rings (SSSR count). The van der Waals surface area contributed by atoms with Gasteiger partial charge in [0, 0.05) is 10.6 Å². The van der Waals surface area contributed by atoms with Gasteiger partial charge in [-0.3, -0.25) is 9.82 Å². The molecular weight excluding hydrogens is 312 g/mol. The molecule has 2 aromatic heterocycles. The Morgan fingerprint density at radius 3 is 2.62 bits per heavy atom. The predicted molar refractivity (Wildman–Crippen MR) is 76.3 cm³/mol. The minimum Gasteiger partial charge on any atom is -0.334 e. The van der Waals surface area contributed by atoms with Crippen LogP contribution >= 0.6 is 11.8 Å². The van der Waals surface area contributed by atoms with Crippen LogP contribution in [0, 0.1) is 0 Å². The highest BCUT2D eigenvalue weighted by Gasteiger charge is 2.15. The number of anilines is 1. The SMILES string of the molecule is O=S(=O)(Nc1ccc(Sc2ncn[nH]2)cc1)c1cnc[nH]1. The van der Waals surface area contributed by atoms with Gasteiger partial charge in [0.25, 0.3) is 10.0 Å². The van der Waals surface area contributed by atoms with Crippen LogP contribution < -0.4 is 4.72 Å². The Morgan fingerprint density at radius 1 is 1.19 bits per heavy atom. The van der Waals surface area contributed by atoms with E-state index in [0.717, 1.165) is 4.90 Å². The fourth-order valence-corrected chi connectivity index (χ4v) is 3.20. The predicted octanol–water partition coefficient (Wildman–Crippen LogP) is 1.48. The lowest BCUT2D eigenvalue weighted by molar-refractivity contribution is 0.598. The van der Waals surface area contributed by atoms with Crippen LogP contribution in [0.4, 0.5) is 5.69 Å². The molecule has 108 valence electrons. The number of H-pyrrole nitrogens is 2. The van der Waals surface area contributed by atoms with Gasteiger partial charge in [0.15, 0.2) is 10.2 Å². The monoisotopic (exact) mass is 322 g/mol. The average molecular weight is 322 g/mol. The molecule has 8 nitrogen and oxygen atoms in total. The zero-order valence-corrected chi connectivity index (χ0v) is 12.1. The van der Waals surface area contributed by atoms with Crippen molar-refractivity contribution in [2.75, 3.05) is 4.72 Å². The maximum absolute atomic E-state index is 12.0. The zero-order chi connectivity index (χ0) is 14.7. The quantitative estimate of drug-likeness (QED) is 0.655. The van der Waals surface area contributed by atoms with Gasteiger partial charge < -0.3 is 4.98 Å². The van der Waals surface area contributed by atoms with E-state index in [1.54, 1.807) is 24.3 Å². The first kappa shape index (κ1) is 13.6. The number of nitrogens with one attached hydrogen (secondary N) is 3. The number of hydrogen-bond donors (Lipinski definition) is 3. The van der Waals surface area contributed by atoms with Crippen molar-refractivity contribution in [3.05, 3.63) is 43.1 Å². The molecule has 3 N–H and O–H groups in total. The number of nitrogens with zero attached hydrogens (tertiary/aromatic N) is 3. The summed E-state index contributed by atoms with van der Waals surface area (Å²) < 4.78 is 26.4. The standard InChI is InChI=1S/C11H10N6O2S2/c18-21(19,10-5-12-6-13-10)17-8-1-3-9(4-2-8)20-11-14-7-15-16-11/h1-7,17H,(H,12,13)(H,14,15,16). The van der Waals surface area contributed by atoms with Crippen molar-refractivity contribution in [1.29, 1.82) is 0 Å². The molecule has 21 heavy (non-hydrogen) atoms. The average Bonchev–Trinajstić information content (AvgIpc) is 3.13. The first-order chi connectivity index (χ1) is 10.1. The molecule has 0 unspecified atom stereocenters. The lowest BCUT2D eigenvalue weighted by atomic mass is 10.3. The summed E-state index contributed by atoms with van der Waals surface area (Å²) in [6, 6.07) is 6.93. The van der Waals surface area contributed by atoms with E-state index >= 15 is 0 Å². The van der Waals surface area contributed by atoms with Crippen molar-refractivity contribution in [3.63, 3.8) is 0 Å². The number of hydrogen-bond acceptors (Lipinski definition) is 6. The summed E-state index contributed by atoms with van der Waals surface area (Å²) in [5.74, 6) is 0. The molecule has 2 heterocycles. The molecule has 0 aliphatic heterocycles. The third-order valence-electron chi connectivity index (χ3n) is 2.48. The van der Waals surface area contributed by atoms with Gasteiger partial charge in [0.1, 0.15) is 6.33 Å². The molecule has 0 amide bonds. The topological polar surface area (TPSA) is 116 Å². The molecule has 0 aliphatic rings. The first-order valence-electron chi connectivity index (χ1n) is 5.78. The molecule has 0 fully saturated rings. The zero-order valence-electron chi connectivity index (χ0n) is 10.5. The van der Waals surface area contributed by atoms with E-state index in [1.165, 1.54) is 30.6 Å². The van der Waals surface area contributed by atoms with E-state index in [1.807, 2.05) is 0 Å². The second-order valence-electron chi connectivity index (χ2n) is 3.94. The molecule has 0 aliphatic carbocycles. The van der Waals surface area contributed by atoms with Crippen molar-refractivity contribution >= 4 is 27.5 Å². The van der Waals surface area contributed by atoms with E-state index in [9.17, 15) is 8.42 Å². The summed E-state index contributed by atoms with van der Waals surface area (Å²) in [6.07, 6.45) is 3.98. The van der Waals surface area contributed by atoms with Crippen molar-refractivity contribution < 1.29 is 8.42 Å². The summed E-state index contributed by atoms with van der Waals surface area (Å²) in [5, 5.41) is 7.17. The van der Waals surface area contributed by atoms with Crippen LogP contribution in [0.2, 0.25) is 0 Å². The third kappa shape index (κ3) is 3.23. The second-order valence-corrected chi connectivity index (χ2v) is 6.65. The molecule has 0 spiro atoms. The largest absolute Gasteiger partial charge is 0.334 e. The highest BCUT2D eigenvalue weighted by Crippen LogP contribution is 2.25. The first-order valence-corrected chi connectivity index (χ1v) is 8.08. The molecule has 3 aromatic rings. The Balaban J connectivity index is 1.73. The molecule has 10 heteroatoms. The molecule has 0 saturated carbocycles. The number of rotatable bonds is 5. The summed E-state index contributed by atoms with van der Waals surface area (Å²) in [5.41, 5.74) is 0.464. The minimum absolute atomic E-state index is 0.0163. The summed E-state index contributed by atoms with van der Waals surface area (Å²) in [6.45, 7) is 0. The Hall–Kier alpha value is -2.33. The number of aromatic nitrogens is 5. The van der Waals surface area contributed by atoms with Crippen LogP contribution in [0.5, 0.6) is 0 Å². The van der Waals surface area contributed by atoms with Crippen LogP contribution in [-0.4, -0.2) is 33.6 Å². The number of aromatic amines is 2. The van der Waals surface area contributed by atoms with Gasteiger partial charge >= 0.3 is 0 Å². The molecular formula is C11H10N6O2S2. The van der Waals surface area contributed by atoms with Gasteiger partial charge in [0.05, 0.1) is 12.5 Å². The minimum atomic E-state index is -3.64. The van der Waals surface area contributed by atoms with Crippen LogP contribution in [0.3, 0.4) is 0 Å². The van der Waals surface area contributed by atoms with Gasteiger partial charge in [-0.05, 0) is 24.3 Å². The fourth-order valence-electron chi connectivity index (χ4n) is 1.55. The van der Waals surface area contributed by atoms with E-state index in [-0.39, 0.29) is 5.03 Å². The molecule has 0 atom stereocenters. The van der Waals surface area contributed by atoms with Gasteiger partial charge in [-0.1, -0.05) is 11.8 Å². The van der Waals surface area contributed by atoms with Gasteiger partial charge in [0.2, 0.25) is 0 Å². The summed E-state index contributed by atoms with van der Waals surface area (Å²) >= 11 is 1.40. The maximum Gasteiger partial charge on any atom is 0.278 e. The Labute approximate surface area is 124 Å². The lowest BCUT2D eigenvalue weighted by Crippen LogP contribution is -2.13. The Morgan fingerprint density at radius 2 is 2.00 bits per heavy atom. The molecule has 1 aromatic carbocycles. The van der Waals surface area contributed by atoms with Crippen molar-refractivity contribution in [2.24, 2.45) is 0 Å². The van der Waals surface area contributed by atoms with E-state index in [0.29, 0.717) is 10.8 Å². The van der Waals surface area contributed by atoms with Crippen LogP contribution in [-0.2, 0) is 10.0 Å². The third-order valence-corrected chi connectivity index (χ3v) is 4.68. The van der Waals surface area contributed by atoms with Crippen molar-refractivity contribution in [3.8, 4) is 0 Å².